The van der Waals surface area contributed by atoms with Crippen LogP contribution in [0.15, 0.2) is 42.5 Å². The average Bonchev–Trinajstić information content (AvgIpc) is 2.60. The Balaban J connectivity index is 1.98. The third-order valence-corrected chi connectivity index (χ3v) is 4.10. The van der Waals surface area contributed by atoms with Crippen LogP contribution >= 0.6 is 0 Å². The summed E-state index contributed by atoms with van der Waals surface area (Å²) in [6, 6.07) is 13.8. The number of nitrogens with one attached hydrogen (secondary N) is 2. The zero-order valence-corrected chi connectivity index (χ0v) is 15.3. The van der Waals surface area contributed by atoms with Crippen molar-refractivity contribution in [3.05, 3.63) is 53.6 Å². The number of aryl methyl sites for hydroxylation is 1. The average molecular weight is 373 g/mol. The fraction of sp³-hybridized carbons (Fsp3) is 0.222. The molecule has 0 aliphatic heterocycles. The van der Waals surface area contributed by atoms with Crippen molar-refractivity contribution in [1.29, 1.82) is 5.26 Å². The lowest BCUT2D eigenvalue weighted by molar-refractivity contribution is -0.116. The van der Waals surface area contributed by atoms with Crippen LogP contribution in [0, 0.1) is 11.3 Å². The molecule has 0 radical (unpaired) electrons. The molecule has 26 heavy (non-hydrogen) atoms. The smallest absolute Gasteiger partial charge is 0.229 e. The standard InChI is InChI=1S/C18H19N3O4S/c1-25-17-11-15(8-9-16(17)21-26(2,23)24)20-18(22)10-7-13-3-5-14(12-19)6-4-13/h3-6,8-9,11,21H,7,10H2,1-2H3,(H,20,22). The molecule has 7 nitrogen and oxygen atoms in total. The van der Waals surface area contributed by atoms with Crippen molar-refractivity contribution in [3.63, 3.8) is 0 Å². The fourth-order valence-corrected chi connectivity index (χ4v) is 2.85. The minimum absolute atomic E-state index is 0.180. The predicted molar refractivity (Wildman–Crippen MR) is 99.6 cm³/mol. The molecule has 2 N–H and O–H groups in total. The first-order valence-corrected chi connectivity index (χ1v) is 9.64. The van der Waals surface area contributed by atoms with E-state index in [0.717, 1.165) is 11.8 Å². The number of hydrogen-bond acceptors (Lipinski definition) is 5. The molecule has 0 fully saturated rings. The van der Waals surface area contributed by atoms with Crippen LogP contribution in [-0.4, -0.2) is 27.7 Å². The Hall–Kier alpha value is -3.05. The Morgan fingerprint density at radius 3 is 2.46 bits per heavy atom. The molecule has 2 aromatic rings. The number of benzene rings is 2. The molecule has 0 spiro atoms. The van der Waals surface area contributed by atoms with Gasteiger partial charge in [0.25, 0.3) is 0 Å². The summed E-state index contributed by atoms with van der Waals surface area (Å²) in [4.78, 5) is 12.1. The van der Waals surface area contributed by atoms with E-state index in [-0.39, 0.29) is 12.3 Å². The van der Waals surface area contributed by atoms with E-state index >= 15 is 0 Å². The highest BCUT2D eigenvalue weighted by molar-refractivity contribution is 7.92. The van der Waals surface area contributed by atoms with E-state index in [4.69, 9.17) is 10.00 Å². The number of nitrogens with zero attached hydrogens (tertiary/aromatic N) is 1. The molecule has 8 heteroatoms. The summed E-state index contributed by atoms with van der Waals surface area (Å²) in [6.07, 6.45) is 1.87. The molecule has 2 rings (SSSR count). The third-order valence-electron chi connectivity index (χ3n) is 3.50. The first-order valence-electron chi connectivity index (χ1n) is 7.75. The number of anilines is 2. The minimum atomic E-state index is -3.43. The second kappa shape index (κ2) is 8.36. The van der Waals surface area contributed by atoms with E-state index in [1.807, 2.05) is 18.2 Å². The largest absolute Gasteiger partial charge is 0.494 e. The van der Waals surface area contributed by atoms with Crippen LogP contribution in [0.4, 0.5) is 11.4 Å². The van der Waals surface area contributed by atoms with E-state index < -0.39 is 10.0 Å². The maximum absolute atomic E-state index is 12.1. The summed E-state index contributed by atoms with van der Waals surface area (Å²) in [5.41, 5.74) is 2.34. The number of nitriles is 1. The number of rotatable bonds is 7. The molecule has 0 unspecified atom stereocenters. The van der Waals surface area contributed by atoms with Crippen molar-refractivity contribution in [3.8, 4) is 11.8 Å². The summed E-state index contributed by atoms with van der Waals surface area (Å²) in [7, 11) is -2.01. The van der Waals surface area contributed by atoms with Crippen molar-refractivity contribution in [1.82, 2.24) is 0 Å². The van der Waals surface area contributed by atoms with Crippen LogP contribution < -0.4 is 14.8 Å². The molecule has 0 aromatic heterocycles. The van der Waals surface area contributed by atoms with Crippen LogP contribution in [0.25, 0.3) is 0 Å². The van der Waals surface area contributed by atoms with Gasteiger partial charge in [0.1, 0.15) is 5.75 Å². The van der Waals surface area contributed by atoms with Crippen molar-refractivity contribution in [2.45, 2.75) is 12.8 Å². The second-order valence-corrected chi connectivity index (χ2v) is 7.39. The van der Waals surface area contributed by atoms with Gasteiger partial charge in [-0.2, -0.15) is 5.26 Å². The van der Waals surface area contributed by atoms with Crippen molar-refractivity contribution in [2.75, 3.05) is 23.4 Å². The first-order chi connectivity index (χ1) is 12.3. The quantitative estimate of drug-likeness (QED) is 0.775. The number of amides is 1. The van der Waals surface area contributed by atoms with Crippen molar-refractivity contribution >= 4 is 27.3 Å². The van der Waals surface area contributed by atoms with E-state index in [9.17, 15) is 13.2 Å². The number of carbonyl (C=O) groups excluding carboxylic acids is 1. The highest BCUT2D eigenvalue weighted by atomic mass is 32.2. The van der Waals surface area contributed by atoms with Gasteiger partial charge in [-0.1, -0.05) is 12.1 Å². The Morgan fingerprint density at radius 2 is 1.88 bits per heavy atom. The second-order valence-electron chi connectivity index (χ2n) is 5.65. The van der Waals surface area contributed by atoms with Gasteiger partial charge in [-0.25, -0.2) is 8.42 Å². The Morgan fingerprint density at radius 1 is 1.19 bits per heavy atom. The number of carbonyl (C=O) groups is 1. The van der Waals surface area contributed by atoms with Gasteiger partial charge in [0.05, 0.1) is 30.7 Å². The van der Waals surface area contributed by atoms with Gasteiger partial charge in [0.15, 0.2) is 0 Å². The third kappa shape index (κ3) is 5.79. The predicted octanol–water partition coefficient (Wildman–Crippen LogP) is 2.51. The molecule has 0 saturated carbocycles. The van der Waals surface area contributed by atoms with E-state index in [0.29, 0.717) is 29.1 Å². The van der Waals surface area contributed by atoms with Crippen LogP contribution in [0.3, 0.4) is 0 Å². The monoisotopic (exact) mass is 373 g/mol. The number of methoxy groups -OCH3 is 1. The topological polar surface area (TPSA) is 108 Å². The molecule has 0 aliphatic rings. The van der Waals surface area contributed by atoms with Crippen LogP contribution in [0.1, 0.15) is 17.5 Å². The zero-order chi connectivity index (χ0) is 19.2. The summed E-state index contributed by atoms with van der Waals surface area (Å²) in [5, 5.41) is 11.5. The van der Waals surface area contributed by atoms with Crippen molar-refractivity contribution in [2.24, 2.45) is 0 Å². The summed E-state index contributed by atoms with van der Waals surface area (Å²) >= 11 is 0. The zero-order valence-electron chi connectivity index (χ0n) is 14.4. The van der Waals surface area contributed by atoms with Gasteiger partial charge >= 0.3 is 0 Å². The summed E-state index contributed by atoms with van der Waals surface area (Å²) in [5.74, 6) is 0.126. The Kier molecular flexibility index (Phi) is 6.20. The lowest BCUT2D eigenvalue weighted by Crippen LogP contribution is -2.13. The van der Waals surface area contributed by atoms with E-state index in [1.165, 1.54) is 13.2 Å². The van der Waals surface area contributed by atoms with Crippen LogP contribution in [-0.2, 0) is 21.2 Å². The maximum Gasteiger partial charge on any atom is 0.229 e. The molecule has 0 atom stereocenters. The maximum atomic E-state index is 12.1. The summed E-state index contributed by atoms with van der Waals surface area (Å²) < 4.78 is 30.2. The molecular formula is C18H19N3O4S. The van der Waals surface area contributed by atoms with Crippen LogP contribution in [0.2, 0.25) is 0 Å². The van der Waals surface area contributed by atoms with E-state index in [1.54, 1.807) is 24.3 Å². The molecule has 2 aromatic carbocycles. The minimum Gasteiger partial charge on any atom is -0.494 e. The Bertz CT molecular complexity index is 932. The van der Waals surface area contributed by atoms with Gasteiger partial charge < -0.3 is 10.1 Å². The molecule has 0 bridgehead atoms. The molecule has 0 aliphatic carbocycles. The van der Waals surface area contributed by atoms with Gasteiger partial charge in [-0.3, -0.25) is 9.52 Å². The normalized spacial score (nSPS) is 10.7. The van der Waals surface area contributed by atoms with Gasteiger partial charge in [-0.05, 0) is 36.2 Å². The molecule has 136 valence electrons. The first kappa shape index (κ1) is 19.3. The fourth-order valence-electron chi connectivity index (χ4n) is 2.28. The van der Waals surface area contributed by atoms with Crippen molar-refractivity contribution < 1.29 is 17.9 Å². The number of hydrogen-bond donors (Lipinski definition) is 2. The number of ether oxygens (including phenoxy) is 1. The molecule has 0 saturated heterocycles. The lowest BCUT2D eigenvalue weighted by atomic mass is 10.1. The summed E-state index contributed by atoms with van der Waals surface area (Å²) in [6.45, 7) is 0. The van der Waals surface area contributed by atoms with Gasteiger partial charge in [0, 0.05) is 18.2 Å². The SMILES string of the molecule is COc1cc(NC(=O)CCc2ccc(C#N)cc2)ccc1NS(C)(=O)=O. The molecule has 1 amide bonds. The highest BCUT2D eigenvalue weighted by Crippen LogP contribution is 2.28. The Labute approximate surface area is 152 Å². The highest BCUT2D eigenvalue weighted by Gasteiger charge is 2.10. The lowest BCUT2D eigenvalue weighted by Gasteiger charge is -2.12. The van der Waals surface area contributed by atoms with Crippen LogP contribution in [0.5, 0.6) is 5.75 Å². The van der Waals surface area contributed by atoms with E-state index in [2.05, 4.69) is 10.0 Å². The molecular weight excluding hydrogens is 354 g/mol. The molecule has 0 heterocycles. The van der Waals surface area contributed by atoms with Gasteiger partial charge in [0.2, 0.25) is 15.9 Å². The van der Waals surface area contributed by atoms with Gasteiger partial charge in [-0.15, -0.1) is 0 Å². The number of sulfonamides is 1.